The molecule has 0 aliphatic carbocycles. The normalized spacial score (nSPS) is 23.3. The van der Waals surface area contributed by atoms with Crippen LogP contribution in [0.1, 0.15) is 45.4 Å². The molecule has 0 saturated carbocycles. The van der Waals surface area contributed by atoms with E-state index in [4.69, 9.17) is 15.0 Å². The van der Waals surface area contributed by atoms with E-state index < -0.39 is 18.4 Å². The molecule has 33 heavy (non-hydrogen) atoms. The molecule has 8 heteroatoms. The fourth-order valence-corrected chi connectivity index (χ4v) is 4.26. The molecular weight excluding hydrogens is 422 g/mol. The average Bonchev–Trinajstić information content (AvgIpc) is 3.22. The molecular formula is C25H27N3O5. The Hall–Kier alpha value is -3.23. The third-order valence-corrected chi connectivity index (χ3v) is 6.02. The summed E-state index contributed by atoms with van der Waals surface area (Å²) in [4.78, 5) is 39.9. The van der Waals surface area contributed by atoms with E-state index in [1.807, 2.05) is 0 Å². The van der Waals surface area contributed by atoms with E-state index in [0.29, 0.717) is 48.7 Å². The van der Waals surface area contributed by atoms with E-state index in [1.165, 1.54) is 11.0 Å². The molecule has 1 N–H and O–H groups in total. The van der Waals surface area contributed by atoms with Crippen molar-refractivity contribution in [1.82, 2.24) is 15.1 Å². The lowest BCUT2D eigenvalue weighted by Crippen LogP contribution is -2.52. The van der Waals surface area contributed by atoms with Gasteiger partial charge in [0, 0.05) is 39.9 Å². The highest BCUT2D eigenvalue weighted by molar-refractivity contribution is 6.05. The SMILES string of the molecule is [2H]c1c(COc2cccc3c2CN(C2CCC(=O)NC2=O)C3=O)ccc(C([2H])([2H])N2CCOCC2)c1[2H]. The number of piperidine rings is 1. The van der Waals surface area contributed by atoms with Gasteiger partial charge in [-0.3, -0.25) is 24.6 Å². The topological polar surface area (TPSA) is 88.2 Å². The number of hydrogen-bond acceptors (Lipinski definition) is 6. The number of amides is 3. The molecule has 1 unspecified atom stereocenters. The van der Waals surface area contributed by atoms with Crippen molar-refractivity contribution in [2.45, 2.75) is 38.5 Å². The van der Waals surface area contributed by atoms with Gasteiger partial charge >= 0.3 is 0 Å². The Morgan fingerprint density at radius 1 is 1.12 bits per heavy atom. The van der Waals surface area contributed by atoms with Crippen LogP contribution in [-0.2, 0) is 34.0 Å². The number of hydrogen-bond donors (Lipinski definition) is 1. The predicted octanol–water partition coefficient (Wildman–Crippen LogP) is 1.86. The first-order chi connectivity index (χ1) is 17.7. The number of imide groups is 1. The number of morpholine rings is 1. The van der Waals surface area contributed by atoms with Crippen LogP contribution in [0.2, 0.25) is 0 Å². The second-order valence-electron chi connectivity index (χ2n) is 8.20. The second-order valence-corrected chi connectivity index (χ2v) is 8.20. The summed E-state index contributed by atoms with van der Waals surface area (Å²) in [5.74, 6) is -0.712. The molecule has 3 aliphatic heterocycles. The zero-order chi connectivity index (χ0) is 26.3. The summed E-state index contributed by atoms with van der Waals surface area (Å²) >= 11 is 0. The Balaban J connectivity index is 1.33. The van der Waals surface area contributed by atoms with Crippen LogP contribution in [0.5, 0.6) is 5.75 Å². The van der Waals surface area contributed by atoms with Crippen LogP contribution < -0.4 is 10.1 Å². The molecule has 8 nitrogen and oxygen atoms in total. The predicted molar refractivity (Wildman–Crippen MR) is 119 cm³/mol. The smallest absolute Gasteiger partial charge is 0.255 e. The average molecular weight is 454 g/mol. The summed E-state index contributed by atoms with van der Waals surface area (Å²) in [5, 5.41) is 2.28. The van der Waals surface area contributed by atoms with Gasteiger partial charge in [-0.15, -0.1) is 0 Å². The first-order valence-electron chi connectivity index (χ1n) is 13.0. The van der Waals surface area contributed by atoms with Gasteiger partial charge in [0.05, 0.1) is 22.5 Å². The molecule has 0 bridgehead atoms. The third kappa shape index (κ3) is 4.62. The van der Waals surface area contributed by atoms with Crippen molar-refractivity contribution < 1.29 is 29.3 Å². The largest absolute Gasteiger partial charge is 0.489 e. The van der Waals surface area contributed by atoms with Gasteiger partial charge in [-0.2, -0.15) is 0 Å². The maximum absolute atomic E-state index is 13.0. The van der Waals surface area contributed by atoms with Gasteiger partial charge in [-0.05, 0) is 29.7 Å². The molecule has 2 aromatic rings. The Bertz CT molecular complexity index is 1270. The van der Waals surface area contributed by atoms with Crippen molar-refractivity contribution in [3.63, 3.8) is 0 Å². The minimum Gasteiger partial charge on any atom is -0.489 e. The Morgan fingerprint density at radius 3 is 2.73 bits per heavy atom. The molecule has 2 fully saturated rings. The Morgan fingerprint density at radius 2 is 1.91 bits per heavy atom. The molecule has 3 aliphatic rings. The molecule has 2 aromatic carbocycles. The zero-order valence-corrected chi connectivity index (χ0v) is 18.1. The van der Waals surface area contributed by atoms with E-state index in [1.54, 1.807) is 29.2 Å². The van der Waals surface area contributed by atoms with Crippen LogP contribution in [0.15, 0.2) is 42.4 Å². The monoisotopic (exact) mass is 453 g/mol. The highest BCUT2D eigenvalue weighted by atomic mass is 16.5. The number of carbonyl (C=O) groups is 3. The fourth-order valence-electron chi connectivity index (χ4n) is 4.26. The minimum atomic E-state index is -1.91. The number of fused-ring (bicyclic) bond motifs is 1. The lowest BCUT2D eigenvalue weighted by atomic mass is 10.0. The van der Waals surface area contributed by atoms with Crippen LogP contribution >= 0.6 is 0 Å². The second kappa shape index (κ2) is 9.33. The number of carbonyl (C=O) groups excluding carboxylic acids is 3. The van der Waals surface area contributed by atoms with Gasteiger partial charge in [-0.25, -0.2) is 0 Å². The molecule has 3 heterocycles. The molecule has 172 valence electrons. The van der Waals surface area contributed by atoms with Gasteiger partial charge in [0.1, 0.15) is 18.4 Å². The van der Waals surface area contributed by atoms with Crippen molar-refractivity contribution in [1.29, 1.82) is 0 Å². The number of ether oxygens (including phenoxy) is 2. The van der Waals surface area contributed by atoms with E-state index in [9.17, 15) is 14.4 Å². The summed E-state index contributed by atoms with van der Waals surface area (Å²) < 4.78 is 45.3. The van der Waals surface area contributed by atoms with Crippen molar-refractivity contribution in [3.8, 4) is 5.75 Å². The highest BCUT2D eigenvalue weighted by Gasteiger charge is 2.40. The van der Waals surface area contributed by atoms with Crippen LogP contribution in [0.4, 0.5) is 0 Å². The van der Waals surface area contributed by atoms with Crippen molar-refractivity contribution in [2.75, 3.05) is 26.3 Å². The van der Waals surface area contributed by atoms with Crippen molar-refractivity contribution in [2.24, 2.45) is 0 Å². The van der Waals surface area contributed by atoms with Crippen LogP contribution in [0.3, 0.4) is 0 Å². The maximum Gasteiger partial charge on any atom is 0.255 e. The highest BCUT2D eigenvalue weighted by Crippen LogP contribution is 2.34. The van der Waals surface area contributed by atoms with Gasteiger partial charge in [0.2, 0.25) is 11.8 Å². The number of nitrogens with zero attached hydrogens (tertiary/aromatic N) is 2. The van der Waals surface area contributed by atoms with Gasteiger partial charge in [-0.1, -0.05) is 30.3 Å². The molecule has 0 spiro atoms. The molecule has 2 saturated heterocycles. The zero-order valence-electron chi connectivity index (χ0n) is 22.1. The summed E-state index contributed by atoms with van der Waals surface area (Å²) in [5.41, 5.74) is 1.57. The summed E-state index contributed by atoms with van der Waals surface area (Å²) in [6.07, 6.45) is 0.431. The number of nitrogens with one attached hydrogen (secondary N) is 1. The van der Waals surface area contributed by atoms with Crippen LogP contribution in [0, 0.1) is 0 Å². The van der Waals surface area contributed by atoms with Gasteiger partial charge in [0.25, 0.3) is 5.91 Å². The Labute approximate surface area is 198 Å². The van der Waals surface area contributed by atoms with Crippen LogP contribution in [-0.4, -0.2) is 59.9 Å². The molecule has 5 rings (SSSR count). The summed E-state index contributed by atoms with van der Waals surface area (Å²) in [6.45, 7) is -0.164. The van der Waals surface area contributed by atoms with Gasteiger partial charge in [0.15, 0.2) is 0 Å². The standard InChI is InChI=1S/C25H27N3O5/c29-23-9-8-21(24(30)26-23)28-15-20-19(25(28)31)2-1-3-22(20)33-16-18-6-4-17(5-7-18)14-27-10-12-32-13-11-27/h1-7,21H,8-16H2,(H,26,29,30)/i4D,6D,14D2. The van der Waals surface area contributed by atoms with Crippen molar-refractivity contribution >= 4 is 17.7 Å². The first-order valence-corrected chi connectivity index (χ1v) is 11.0. The molecule has 0 aromatic heterocycles. The lowest BCUT2D eigenvalue weighted by Gasteiger charge is -2.29. The minimum absolute atomic E-state index is 0.0470. The molecule has 1 atom stereocenters. The van der Waals surface area contributed by atoms with E-state index in [-0.39, 0.29) is 55.5 Å². The summed E-state index contributed by atoms with van der Waals surface area (Å²) in [6, 6.07) is 7.12. The Kier molecular flexibility index (Phi) is 4.88. The molecule has 0 radical (unpaired) electrons. The quantitative estimate of drug-likeness (QED) is 0.672. The molecule has 3 amide bonds. The first kappa shape index (κ1) is 17.3. The summed E-state index contributed by atoms with van der Waals surface area (Å²) in [7, 11) is 0. The van der Waals surface area contributed by atoms with E-state index >= 15 is 0 Å². The van der Waals surface area contributed by atoms with Crippen LogP contribution in [0.25, 0.3) is 0 Å². The van der Waals surface area contributed by atoms with E-state index in [2.05, 4.69) is 5.32 Å². The third-order valence-electron chi connectivity index (χ3n) is 6.02. The fraction of sp³-hybridized carbons (Fsp3) is 0.400. The van der Waals surface area contributed by atoms with E-state index in [0.717, 1.165) is 0 Å². The number of rotatable bonds is 6. The van der Waals surface area contributed by atoms with Crippen molar-refractivity contribution in [3.05, 3.63) is 64.7 Å². The lowest BCUT2D eigenvalue weighted by molar-refractivity contribution is -0.136. The van der Waals surface area contributed by atoms with Gasteiger partial charge < -0.3 is 14.4 Å². The maximum atomic E-state index is 13.0. The number of benzene rings is 2.